The summed E-state index contributed by atoms with van der Waals surface area (Å²) in [6, 6.07) is -0.515. The second-order valence-electron chi connectivity index (χ2n) is 5.36. The largest absolute Gasteiger partial charge is 0.396 e. The summed E-state index contributed by atoms with van der Waals surface area (Å²) >= 11 is -1.95. The van der Waals surface area contributed by atoms with Crippen LogP contribution in [0, 0.1) is 5.92 Å². The summed E-state index contributed by atoms with van der Waals surface area (Å²) in [4.78, 5) is 0. The predicted molar refractivity (Wildman–Crippen MR) is 77.6 cm³/mol. The monoisotopic (exact) mass is 326 g/mol. The molecule has 1 aliphatic rings. The Labute approximate surface area is 127 Å². The fourth-order valence-electron chi connectivity index (χ4n) is 2.66. The summed E-state index contributed by atoms with van der Waals surface area (Å²) < 4.78 is 21.2. The van der Waals surface area contributed by atoms with Crippen LogP contribution < -0.4 is 10.0 Å². The van der Waals surface area contributed by atoms with Crippen LogP contribution in [0.1, 0.15) is 25.7 Å². The molecule has 1 saturated carbocycles. The molecule has 8 nitrogen and oxygen atoms in total. The van der Waals surface area contributed by atoms with Crippen LogP contribution in [-0.4, -0.2) is 73.2 Å². The molecule has 1 aliphatic carbocycles. The lowest BCUT2D eigenvalue weighted by molar-refractivity contribution is -0.0311. The van der Waals surface area contributed by atoms with E-state index in [1.807, 2.05) is 0 Å². The molecular formula is C12H26N2O6S. The Morgan fingerprint density at radius 1 is 0.905 bits per heavy atom. The number of unbranched alkanes of at least 4 members (excludes halogenated alkanes) is 3. The SMILES string of the molecule is O=S(O)NCCCCCCN[C@H]1[C@H](O)[C@@H](O)[C@@H](O)[C@H]1CO. The fraction of sp³-hybridized carbons (Fsp3) is 1.00. The highest BCUT2D eigenvalue weighted by molar-refractivity contribution is 7.77. The summed E-state index contributed by atoms with van der Waals surface area (Å²) in [7, 11) is 0. The van der Waals surface area contributed by atoms with E-state index in [1.165, 1.54) is 0 Å². The molecule has 1 unspecified atom stereocenters. The molecule has 0 aromatic rings. The van der Waals surface area contributed by atoms with Gasteiger partial charge in [-0.15, -0.1) is 0 Å². The highest BCUT2D eigenvalue weighted by Crippen LogP contribution is 2.27. The van der Waals surface area contributed by atoms with Gasteiger partial charge in [0.2, 0.25) is 11.3 Å². The number of hydrogen-bond acceptors (Lipinski definition) is 6. The van der Waals surface area contributed by atoms with Crippen LogP contribution in [0.2, 0.25) is 0 Å². The van der Waals surface area contributed by atoms with E-state index in [0.29, 0.717) is 13.1 Å². The fourth-order valence-corrected chi connectivity index (χ4v) is 2.98. The third-order valence-corrected chi connectivity index (χ3v) is 4.34. The number of hydrogen-bond donors (Lipinski definition) is 7. The van der Waals surface area contributed by atoms with Gasteiger partial charge in [-0.2, -0.15) is 0 Å². The van der Waals surface area contributed by atoms with Gasteiger partial charge in [0.05, 0.1) is 18.8 Å². The van der Waals surface area contributed by atoms with Crippen molar-refractivity contribution in [1.82, 2.24) is 10.0 Å². The molecule has 0 spiro atoms. The van der Waals surface area contributed by atoms with Crippen molar-refractivity contribution in [2.75, 3.05) is 19.7 Å². The van der Waals surface area contributed by atoms with Crippen molar-refractivity contribution in [2.24, 2.45) is 5.92 Å². The maximum absolute atomic E-state index is 10.3. The van der Waals surface area contributed by atoms with Crippen LogP contribution in [0.4, 0.5) is 0 Å². The first kappa shape index (κ1) is 18.9. The number of aliphatic hydroxyl groups excluding tert-OH is 4. The molecule has 7 N–H and O–H groups in total. The zero-order valence-corrected chi connectivity index (χ0v) is 12.7. The van der Waals surface area contributed by atoms with Crippen molar-refractivity contribution in [2.45, 2.75) is 50.0 Å². The minimum Gasteiger partial charge on any atom is -0.396 e. The van der Waals surface area contributed by atoms with Gasteiger partial charge in [-0.25, -0.2) is 8.93 Å². The molecule has 21 heavy (non-hydrogen) atoms. The first-order chi connectivity index (χ1) is 9.99. The van der Waals surface area contributed by atoms with Crippen LogP contribution in [0.5, 0.6) is 0 Å². The molecule has 1 fully saturated rings. The minimum absolute atomic E-state index is 0.295. The number of nitrogens with one attached hydrogen (secondary N) is 2. The third-order valence-electron chi connectivity index (χ3n) is 3.89. The van der Waals surface area contributed by atoms with Crippen molar-refractivity contribution in [3.05, 3.63) is 0 Å². The highest BCUT2D eigenvalue weighted by Gasteiger charge is 2.47. The van der Waals surface area contributed by atoms with Crippen LogP contribution in [0.15, 0.2) is 0 Å². The number of rotatable bonds is 10. The van der Waals surface area contributed by atoms with Gasteiger partial charge in [-0.05, 0) is 19.4 Å². The lowest BCUT2D eigenvalue weighted by Crippen LogP contribution is -2.44. The van der Waals surface area contributed by atoms with Gasteiger partial charge in [0.15, 0.2) is 0 Å². The Morgan fingerprint density at radius 3 is 2.10 bits per heavy atom. The Balaban J connectivity index is 2.13. The molecule has 6 atom stereocenters. The van der Waals surface area contributed by atoms with Crippen LogP contribution >= 0.6 is 0 Å². The normalized spacial score (nSPS) is 34.2. The Kier molecular flexibility index (Phi) is 8.83. The molecule has 0 heterocycles. The standard InChI is InChI=1S/C12H26N2O6S/c15-7-8-9(11(17)12(18)10(8)16)13-5-3-1-2-4-6-14-21(19)20/h8-18H,1-7H2,(H,19,20)/t8-,9+,10-,11-,12-/m0/s1. The summed E-state index contributed by atoms with van der Waals surface area (Å²) in [5.41, 5.74) is 0. The zero-order chi connectivity index (χ0) is 15.8. The number of aliphatic hydroxyl groups is 4. The first-order valence-electron chi connectivity index (χ1n) is 7.21. The van der Waals surface area contributed by atoms with Crippen molar-refractivity contribution < 1.29 is 29.2 Å². The Hall–Kier alpha value is -0.130. The van der Waals surface area contributed by atoms with Crippen molar-refractivity contribution in [3.63, 3.8) is 0 Å². The van der Waals surface area contributed by atoms with Gasteiger partial charge in [-0.1, -0.05) is 12.8 Å². The van der Waals surface area contributed by atoms with Gasteiger partial charge in [-0.3, -0.25) is 4.55 Å². The topological polar surface area (TPSA) is 142 Å². The molecule has 0 aliphatic heterocycles. The van der Waals surface area contributed by atoms with E-state index in [4.69, 9.17) is 4.55 Å². The second kappa shape index (κ2) is 9.80. The second-order valence-corrected chi connectivity index (χ2v) is 6.14. The Bertz CT molecular complexity index is 322. The zero-order valence-electron chi connectivity index (χ0n) is 11.9. The smallest absolute Gasteiger partial charge is 0.231 e. The van der Waals surface area contributed by atoms with Gasteiger partial charge in [0.25, 0.3) is 0 Å². The molecule has 0 saturated heterocycles. The van der Waals surface area contributed by atoms with E-state index in [9.17, 15) is 24.6 Å². The lowest BCUT2D eigenvalue weighted by Gasteiger charge is -2.22. The van der Waals surface area contributed by atoms with Crippen molar-refractivity contribution in [3.8, 4) is 0 Å². The van der Waals surface area contributed by atoms with Gasteiger partial charge < -0.3 is 25.7 Å². The molecule has 1 rings (SSSR count). The molecule has 0 aromatic carbocycles. The molecule has 0 radical (unpaired) electrons. The lowest BCUT2D eigenvalue weighted by atomic mass is 10.0. The minimum atomic E-state index is -1.95. The summed E-state index contributed by atoms with van der Waals surface area (Å²) in [5, 5.41) is 41.4. The predicted octanol–water partition coefficient (Wildman–Crippen LogP) is -2.06. The molecule has 0 aromatic heterocycles. The van der Waals surface area contributed by atoms with Crippen LogP contribution in [-0.2, 0) is 11.3 Å². The quantitative estimate of drug-likeness (QED) is 0.181. The van der Waals surface area contributed by atoms with Gasteiger partial charge in [0.1, 0.15) is 6.10 Å². The maximum atomic E-state index is 10.3. The first-order valence-corrected chi connectivity index (χ1v) is 8.32. The molecule has 126 valence electrons. The average Bonchev–Trinajstić information content (AvgIpc) is 2.65. The van der Waals surface area contributed by atoms with Crippen LogP contribution in [0.25, 0.3) is 0 Å². The van der Waals surface area contributed by atoms with Gasteiger partial charge in [0, 0.05) is 18.5 Å². The van der Waals surface area contributed by atoms with E-state index >= 15 is 0 Å². The van der Waals surface area contributed by atoms with Crippen molar-refractivity contribution >= 4 is 11.3 Å². The summed E-state index contributed by atoms with van der Waals surface area (Å²) in [6.07, 6.45) is 0.0437. The van der Waals surface area contributed by atoms with E-state index < -0.39 is 41.5 Å². The molecule has 0 bridgehead atoms. The molecule has 0 amide bonds. The average molecular weight is 326 g/mol. The van der Waals surface area contributed by atoms with Gasteiger partial charge >= 0.3 is 0 Å². The molecule has 9 heteroatoms. The molecular weight excluding hydrogens is 300 g/mol. The van der Waals surface area contributed by atoms with Crippen LogP contribution in [0.3, 0.4) is 0 Å². The summed E-state index contributed by atoms with van der Waals surface area (Å²) in [5.74, 6) is -0.571. The Morgan fingerprint density at radius 2 is 1.52 bits per heavy atom. The van der Waals surface area contributed by atoms with E-state index in [0.717, 1.165) is 25.7 Å². The highest BCUT2D eigenvalue weighted by atomic mass is 32.2. The van der Waals surface area contributed by atoms with Crippen molar-refractivity contribution in [1.29, 1.82) is 0 Å². The van der Waals surface area contributed by atoms with E-state index in [1.54, 1.807) is 0 Å². The third kappa shape index (κ3) is 5.87. The maximum Gasteiger partial charge on any atom is 0.231 e. The summed E-state index contributed by atoms with van der Waals surface area (Å²) in [6.45, 7) is 0.802. The van der Waals surface area contributed by atoms with E-state index in [2.05, 4.69) is 10.0 Å². The van der Waals surface area contributed by atoms with E-state index in [-0.39, 0.29) is 6.61 Å².